The van der Waals surface area contributed by atoms with Crippen LogP contribution >= 0.6 is 0 Å². The third-order valence-corrected chi connectivity index (χ3v) is 1.07. The molecule has 0 saturated heterocycles. The van der Waals surface area contributed by atoms with E-state index in [-0.39, 0.29) is 51.7 Å². The van der Waals surface area contributed by atoms with Gasteiger partial charge in [-0.25, -0.2) is 0 Å². The van der Waals surface area contributed by atoms with E-state index >= 15 is 0 Å². The molecule has 26 heavy (non-hydrogen) atoms. The zero-order chi connectivity index (χ0) is 19.7. The minimum absolute atomic E-state index is 0. The molecule has 0 saturated carbocycles. The SMILES string of the molecule is O=C([O-])C=CC(=O)[O-].O=C([O-])C=CC(=O)[O-].O=C([O-])C=CC(=O)[O-].[In+3].[In+3]. The summed E-state index contributed by atoms with van der Waals surface area (Å²) in [5.41, 5.74) is 0. The number of carboxylic acids is 6. The Kier molecular flexibility index (Phi) is 30.7. The van der Waals surface area contributed by atoms with Crippen molar-refractivity contribution in [2.24, 2.45) is 0 Å². The average Bonchev–Trinajstić information content (AvgIpc) is 2.42. The first kappa shape index (κ1) is 35.0. The molecule has 0 rings (SSSR count). The quantitative estimate of drug-likeness (QED) is 0.270. The first-order valence-electron chi connectivity index (χ1n) is 5.18. The molecule has 0 heterocycles. The van der Waals surface area contributed by atoms with E-state index in [9.17, 15) is 59.4 Å². The van der Waals surface area contributed by atoms with Crippen molar-refractivity contribution in [3.63, 3.8) is 0 Å². The summed E-state index contributed by atoms with van der Waals surface area (Å²) in [6, 6.07) is 0. The third kappa shape index (κ3) is 57.6. The fraction of sp³-hybridized carbons (Fsp3) is 0. The molecule has 0 aliphatic carbocycles. The van der Waals surface area contributed by atoms with Crippen molar-refractivity contribution >= 4 is 87.5 Å². The van der Waals surface area contributed by atoms with E-state index in [1.165, 1.54) is 0 Å². The van der Waals surface area contributed by atoms with Gasteiger partial charge in [-0.15, -0.1) is 0 Å². The monoisotopic (exact) mass is 572 g/mol. The molecule has 0 aliphatic rings. The van der Waals surface area contributed by atoms with Crippen LogP contribution in [-0.2, 0) is 28.8 Å². The fourth-order valence-electron chi connectivity index (χ4n) is 0.408. The largest absolute Gasteiger partial charge is 3.00 e. The van der Waals surface area contributed by atoms with Gasteiger partial charge in [0.2, 0.25) is 0 Å². The van der Waals surface area contributed by atoms with Gasteiger partial charge in [-0.2, -0.15) is 0 Å². The van der Waals surface area contributed by atoms with Gasteiger partial charge in [0.15, 0.2) is 0 Å². The van der Waals surface area contributed by atoms with Gasteiger partial charge in [0.25, 0.3) is 0 Å². The fourth-order valence-corrected chi connectivity index (χ4v) is 0.408. The molecule has 0 fully saturated rings. The summed E-state index contributed by atoms with van der Waals surface area (Å²) in [6.07, 6.45) is 2.31. The molecule has 0 atom stereocenters. The van der Waals surface area contributed by atoms with Crippen LogP contribution in [0.25, 0.3) is 0 Å². The first-order valence-corrected chi connectivity index (χ1v) is 5.18. The van der Waals surface area contributed by atoms with Gasteiger partial charge in [-0.05, 0) is 36.5 Å². The molecule has 14 heteroatoms. The van der Waals surface area contributed by atoms with E-state index in [1.807, 2.05) is 0 Å². The first-order chi connectivity index (χ1) is 10.9. The number of carbonyl (C=O) groups is 6. The van der Waals surface area contributed by atoms with Gasteiger partial charge in [0.05, 0.1) is 35.8 Å². The van der Waals surface area contributed by atoms with Crippen LogP contribution < -0.4 is 30.6 Å². The van der Waals surface area contributed by atoms with Crippen molar-refractivity contribution in [2.45, 2.75) is 0 Å². The zero-order valence-corrected chi connectivity index (χ0v) is 19.1. The van der Waals surface area contributed by atoms with Crippen LogP contribution in [0.2, 0.25) is 0 Å². The predicted octanol–water partition coefficient (Wildman–Crippen LogP) is -9.63. The smallest absolute Gasteiger partial charge is 0.545 e. The summed E-state index contributed by atoms with van der Waals surface area (Å²) >= 11 is 0. The van der Waals surface area contributed by atoms with Crippen molar-refractivity contribution < 1.29 is 59.4 Å². The number of hydrogen-bond acceptors (Lipinski definition) is 12. The Hall–Kier alpha value is -2.22. The third-order valence-electron chi connectivity index (χ3n) is 1.07. The maximum absolute atomic E-state index is 9.41. The molecule has 0 amide bonds. The molecule has 0 bridgehead atoms. The topological polar surface area (TPSA) is 241 Å². The summed E-state index contributed by atoms with van der Waals surface area (Å²) < 4.78 is 0. The Balaban J connectivity index is -0.0000000817. The molecule has 0 N–H and O–H groups in total. The molecular weight excluding hydrogens is 566 g/mol. The summed E-state index contributed by atoms with van der Waals surface area (Å²) in [6.45, 7) is 0. The molecule has 0 radical (unpaired) electrons. The van der Waals surface area contributed by atoms with Gasteiger partial charge >= 0.3 is 51.7 Å². The average molecular weight is 572 g/mol. The van der Waals surface area contributed by atoms with Crippen LogP contribution in [0.3, 0.4) is 0 Å². The Morgan fingerprint density at radius 2 is 0.423 bits per heavy atom. The van der Waals surface area contributed by atoms with Gasteiger partial charge in [-0.1, -0.05) is 0 Å². The second-order valence-corrected chi connectivity index (χ2v) is 2.91. The summed E-state index contributed by atoms with van der Waals surface area (Å²) in [5, 5.41) is 56.5. The van der Waals surface area contributed by atoms with Gasteiger partial charge in [0.1, 0.15) is 0 Å². The van der Waals surface area contributed by atoms with Crippen molar-refractivity contribution in [3.05, 3.63) is 36.5 Å². The second kappa shape index (κ2) is 22.8. The number of rotatable bonds is 6. The maximum atomic E-state index is 9.41. The van der Waals surface area contributed by atoms with E-state index in [1.54, 1.807) is 0 Å². The van der Waals surface area contributed by atoms with Gasteiger partial charge in [0, 0.05) is 0 Å². The Morgan fingerprint density at radius 1 is 0.346 bits per heavy atom. The standard InChI is InChI=1S/3C4H4O4.2In/c3*5-3(6)1-2-4(7)8;;/h3*1-2H,(H,5,6)(H,7,8);;/q;;;2*+3/p-6. The van der Waals surface area contributed by atoms with E-state index in [2.05, 4.69) is 0 Å². The minimum Gasteiger partial charge on any atom is -0.545 e. The molecule has 0 aromatic rings. The van der Waals surface area contributed by atoms with Crippen molar-refractivity contribution in [3.8, 4) is 0 Å². The Labute approximate surface area is 182 Å². The second-order valence-electron chi connectivity index (χ2n) is 2.91. The minimum atomic E-state index is -1.55. The Morgan fingerprint density at radius 3 is 0.462 bits per heavy atom. The van der Waals surface area contributed by atoms with Crippen molar-refractivity contribution in [2.75, 3.05) is 0 Å². The van der Waals surface area contributed by atoms with E-state index in [0.717, 1.165) is 0 Å². The van der Waals surface area contributed by atoms with Gasteiger partial charge < -0.3 is 59.4 Å². The van der Waals surface area contributed by atoms with Crippen LogP contribution in [0.1, 0.15) is 0 Å². The molecule has 0 aromatic carbocycles. The summed E-state index contributed by atoms with van der Waals surface area (Å²) in [7, 11) is 0. The van der Waals surface area contributed by atoms with Crippen LogP contribution in [0, 0.1) is 0 Å². The van der Waals surface area contributed by atoms with E-state index in [0.29, 0.717) is 36.5 Å². The summed E-state index contributed by atoms with van der Waals surface area (Å²) in [5.74, 6) is -9.28. The molecule has 0 spiro atoms. The van der Waals surface area contributed by atoms with Crippen LogP contribution in [0.15, 0.2) is 36.5 Å². The normalized spacial score (nSPS) is 8.77. The predicted molar refractivity (Wildman–Crippen MR) is 69.0 cm³/mol. The number of hydrogen-bond donors (Lipinski definition) is 0. The van der Waals surface area contributed by atoms with Crippen LogP contribution in [0.4, 0.5) is 0 Å². The molecule has 0 aliphatic heterocycles. The van der Waals surface area contributed by atoms with Crippen molar-refractivity contribution in [1.29, 1.82) is 0 Å². The van der Waals surface area contributed by atoms with E-state index < -0.39 is 35.8 Å². The maximum Gasteiger partial charge on any atom is 3.00 e. The van der Waals surface area contributed by atoms with Crippen LogP contribution in [-0.4, -0.2) is 87.5 Å². The molecule has 12 nitrogen and oxygen atoms in total. The summed E-state index contributed by atoms with van der Waals surface area (Å²) in [4.78, 5) is 56.5. The van der Waals surface area contributed by atoms with Crippen molar-refractivity contribution in [1.82, 2.24) is 0 Å². The Bertz CT molecular complexity index is 448. The number of aliphatic carboxylic acids is 6. The zero-order valence-electron chi connectivity index (χ0n) is 12.5. The van der Waals surface area contributed by atoms with Gasteiger partial charge in [-0.3, -0.25) is 0 Å². The molecule has 0 unspecified atom stereocenters. The van der Waals surface area contributed by atoms with Crippen LogP contribution in [0.5, 0.6) is 0 Å². The number of carbonyl (C=O) groups excluding carboxylic acids is 6. The van der Waals surface area contributed by atoms with E-state index in [4.69, 9.17) is 0 Å². The molecule has 132 valence electrons. The number of carboxylic acid groups (broad SMARTS) is 6. The molecule has 0 aromatic heterocycles. The molecular formula is C12H6In2O12.